The molecule has 0 aliphatic rings. The van der Waals surface area contributed by atoms with Gasteiger partial charge in [0.15, 0.2) is 5.75 Å². The van der Waals surface area contributed by atoms with Crippen molar-refractivity contribution in [1.82, 2.24) is 9.55 Å². The molecule has 1 N–H and O–H groups in total. The van der Waals surface area contributed by atoms with Gasteiger partial charge in [0.2, 0.25) is 5.43 Å². The molecule has 2 heterocycles. The Morgan fingerprint density at radius 1 is 1.03 bits per heavy atom. The normalized spacial score (nSPS) is 11.0. The van der Waals surface area contributed by atoms with E-state index in [1.54, 1.807) is 18.2 Å². The molecule has 0 unspecified atom stereocenters. The van der Waals surface area contributed by atoms with Gasteiger partial charge >= 0.3 is 6.16 Å². The van der Waals surface area contributed by atoms with E-state index < -0.39 is 45.7 Å². The minimum Gasteiger partial charge on any atom is -0.449 e. The van der Waals surface area contributed by atoms with Gasteiger partial charge in [-0.25, -0.2) is 22.9 Å². The van der Waals surface area contributed by atoms with E-state index in [0.717, 1.165) is 22.9 Å². The van der Waals surface area contributed by atoms with E-state index in [2.05, 4.69) is 9.72 Å². The maximum Gasteiger partial charge on any atom is 0.511 e. The van der Waals surface area contributed by atoms with Crippen LogP contribution in [-0.4, -0.2) is 20.8 Å². The molecule has 32 heavy (non-hydrogen) atoms. The van der Waals surface area contributed by atoms with E-state index in [0.29, 0.717) is 11.1 Å². The molecular formula is C22H12ClF3N2O4. The van der Waals surface area contributed by atoms with Crippen LogP contribution in [0.15, 0.2) is 59.7 Å². The van der Waals surface area contributed by atoms with Crippen LogP contribution in [0.4, 0.5) is 18.0 Å². The van der Waals surface area contributed by atoms with Crippen molar-refractivity contribution >= 4 is 28.7 Å². The molecular weight excluding hydrogens is 449 g/mol. The maximum atomic E-state index is 14.9. The number of nitrogens with zero attached hydrogens (tertiary/aromatic N) is 2. The van der Waals surface area contributed by atoms with Crippen molar-refractivity contribution in [3.8, 4) is 16.9 Å². The number of ether oxygens (including phenoxy) is 1. The Morgan fingerprint density at radius 3 is 2.41 bits per heavy atom. The van der Waals surface area contributed by atoms with Crippen LogP contribution in [0.5, 0.6) is 5.75 Å². The highest BCUT2D eigenvalue weighted by atomic mass is 35.5. The Hall–Kier alpha value is -3.85. The van der Waals surface area contributed by atoms with Crippen LogP contribution in [0.3, 0.4) is 0 Å². The van der Waals surface area contributed by atoms with Gasteiger partial charge in [0.05, 0.1) is 23.6 Å². The molecule has 0 radical (unpaired) electrons. The van der Waals surface area contributed by atoms with E-state index in [1.165, 1.54) is 18.3 Å². The summed E-state index contributed by atoms with van der Waals surface area (Å²) in [6.07, 6.45) is 0.564. The summed E-state index contributed by atoms with van der Waals surface area (Å²) in [4.78, 5) is 27.3. The molecule has 0 saturated heterocycles. The number of rotatable bonds is 4. The first-order chi connectivity index (χ1) is 15.2. The number of benzene rings is 2. The molecule has 0 aliphatic heterocycles. The molecule has 0 bridgehead atoms. The molecule has 2 aromatic heterocycles. The fourth-order valence-electron chi connectivity index (χ4n) is 3.30. The van der Waals surface area contributed by atoms with Crippen LogP contribution in [0, 0.1) is 17.5 Å². The lowest BCUT2D eigenvalue weighted by Gasteiger charge is -2.15. The minimum absolute atomic E-state index is 0.0746. The maximum absolute atomic E-state index is 14.9. The lowest BCUT2D eigenvalue weighted by atomic mass is 10.0. The Kier molecular flexibility index (Phi) is 5.58. The van der Waals surface area contributed by atoms with Crippen molar-refractivity contribution in [2.24, 2.45) is 0 Å². The third-order valence-corrected chi connectivity index (χ3v) is 4.96. The number of fused-ring (bicyclic) bond motifs is 1. The van der Waals surface area contributed by atoms with Gasteiger partial charge in [-0.3, -0.25) is 4.79 Å². The van der Waals surface area contributed by atoms with Crippen molar-refractivity contribution in [2.75, 3.05) is 0 Å². The number of carbonyl (C=O) groups is 1. The van der Waals surface area contributed by atoms with Gasteiger partial charge in [-0.15, -0.1) is 0 Å². The van der Waals surface area contributed by atoms with Gasteiger partial charge in [0, 0.05) is 17.3 Å². The number of hydrogen-bond donors (Lipinski definition) is 1. The number of hydrogen-bond acceptors (Lipinski definition) is 4. The van der Waals surface area contributed by atoms with Gasteiger partial charge in [-0.1, -0.05) is 23.7 Å². The number of halogens is 4. The average molecular weight is 461 g/mol. The first-order valence-electron chi connectivity index (χ1n) is 9.07. The van der Waals surface area contributed by atoms with Crippen LogP contribution < -0.4 is 10.2 Å². The van der Waals surface area contributed by atoms with E-state index in [-0.39, 0.29) is 17.3 Å². The molecule has 10 heteroatoms. The Morgan fingerprint density at radius 2 is 1.75 bits per heavy atom. The molecule has 4 aromatic rings. The quantitative estimate of drug-likeness (QED) is 0.333. The van der Waals surface area contributed by atoms with Gasteiger partial charge in [0.25, 0.3) is 0 Å². The van der Waals surface area contributed by atoms with Gasteiger partial charge in [0.1, 0.15) is 22.6 Å². The molecule has 0 spiro atoms. The molecule has 0 aliphatic carbocycles. The van der Waals surface area contributed by atoms with Crippen molar-refractivity contribution in [3.63, 3.8) is 0 Å². The van der Waals surface area contributed by atoms with Crippen molar-refractivity contribution < 1.29 is 27.8 Å². The SMILES string of the molecule is O=C(O)Oc1cn(Cc2ccc(-c3ccc(Cl)nc3)cc2F)c2c(F)ccc(F)c2c1=O. The summed E-state index contributed by atoms with van der Waals surface area (Å²) in [5.74, 6) is -3.41. The summed E-state index contributed by atoms with van der Waals surface area (Å²) in [7, 11) is 0. The molecule has 0 amide bonds. The smallest absolute Gasteiger partial charge is 0.449 e. The monoisotopic (exact) mass is 460 g/mol. The molecule has 0 fully saturated rings. The summed E-state index contributed by atoms with van der Waals surface area (Å²) in [6.45, 7) is -0.335. The zero-order chi connectivity index (χ0) is 23.0. The number of aromatic nitrogens is 2. The Bertz CT molecular complexity index is 1420. The second kappa shape index (κ2) is 8.35. The molecule has 6 nitrogen and oxygen atoms in total. The van der Waals surface area contributed by atoms with E-state index >= 15 is 0 Å². The number of pyridine rings is 2. The van der Waals surface area contributed by atoms with Crippen LogP contribution in [-0.2, 0) is 6.54 Å². The topological polar surface area (TPSA) is 81.4 Å². The highest BCUT2D eigenvalue weighted by Gasteiger charge is 2.20. The summed E-state index contributed by atoms with van der Waals surface area (Å²) < 4.78 is 49.2. The third-order valence-electron chi connectivity index (χ3n) is 4.74. The van der Waals surface area contributed by atoms with Crippen LogP contribution in [0.25, 0.3) is 22.0 Å². The fourth-order valence-corrected chi connectivity index (χ4v) is 3.41. The van der Waals surface area contributed by atoms with E-state index in [9.17, 15) is 22.8 Å². The van der Waals surface area contributed by atoms with Crippen LogP contribution in [0.1, 0.15) is 5.56 Å². The predicted octanol–water partition coefficient (Wildman–Crippen LogP) is 5.24. The van der Waals surface area contributed by atoms with Gasteiger partial charge in [-0.05, 0) is 35.9 Å². The average Bonchev–Trinajstić information content (AvgIpc) is 2.74. The van der Waals surface area contributed by atoms with Crippen LogP contribution in [0.2, 0.25) is 5.15 Å². The van der Waals surface area contributed by atoms with Crippen molar-refractivity contribution in [2.45, 2.75) is 6.54 Å². The van der Waals surface area contributed by atoms with Gasteiger partial charge in [-0.2, -0.15) is 0 Å². The van der Waals surface area contributed by atoms with E-state index in [4.69, 9.17) is 16.7 Å². The largest absolute Gasteiger partial charge is 0.511 e. The molecule has 2 aromatic carbocycles. The minimum atomic E-state index is -1.81. The van der Waals surface area contributed by atoms with Crippen molar-refractivity contribution in [1.29, 1.82) is 0 Å². The molecule has 0 saturated carbocycles. The summed E-state index contributed by atoms with van der Waals surface area (Å²) in [5, 5.41) is 8.44. The lowest BCUT2D eigenvalue weighted by molar-refractivity contribution is 0.143. The highest BCUT2D eigenvalue weighted by Crippen LogP contribution is 2.26. The first-order valence-corrected chi connectivity index (χ1v) is 9.44. The zero-order valence-electron chi connectivity index (χ0n) is 16.0. The lowest BCUT2D eigenvalue weighted by Crippen LogP contribution is -2.18. The zero-order valence-corrected chi connectivity index (χ0v) is 16.7. The molecule has 4 rings (SSSR count). The highest BCUT2D eigenvalue weighted by molar-refractivity contribution is 6.29. The number of carboxylic acid groups (broad SMARTS) is 1. The summed E-state index contributed by atoms with van der Waals surface area (Å²) >= 11 is 5.76. The van der Waals surface area contributed by atoms with Crippen molar-refractivity contribution in [3.05, 3.63) is 93.2 Å². The van der Waals surface area contributed by atoms with E-state index in [1.807, 2.05) is 0 Å². The summed E-state index contributed by atoms with van der Waals surface area (Å²) in [5.41, 5.74) is -0.392. The van der Waals surface area contributed by atoms with Gasteiger partial charge < -0.3 is 14.4 Å². The second-order valence-electron chi connectivity index (χ2n) is 6.75. The first kappa shape index (κ1) is 21.4. The summed E-state index contributed by atoms with van der Waals surface area (Å²) in [6, 6.07) is 9.03. The third kappa shape index (κ3) is 4.02. The molecule has 0 atom stereocenters. The molecule has 162 valence electrons. The predicted molar refractivity (Wildman–Crippen MR) is 111 cm³/mol. The second-order valence-corrected chi connectivity index (χ2v) is 7.13. The fraction of sp³-hybridized carbons (Fsp3) is 0.0455. The Labute approximate surface area is 183 Å². The standard InChI is InChI=1S/C22H12ClF3N2O4/c23-18-6-3-12(8-27-18)11-1-2-13(16(26)7-11)9-28-10-17(32-22(30)31)21(29)19-14(24)4-5-15(25)20(19)28/h1-8,10H,9H2,(H,30,31). The Balaban J connectivity index is 1.82. The van der Waals surface area contributed by atoms with Crippen LogP contribution >= 0.6 is 11.6 Å².